The van der Waals surface area contributed by atoms with E-state index in [1.807, 2.05) is 0 Å². The third-order valence-electron chi connectivity index (χ3n) is 3.15. The summed E-state index contributed by atoms with van der Waals surface area (Å²) in [4.78, 5) is 25.7. The van der Waals surface area contributed by atoms with Crippen LogP contribution in [0.15, 0.2) is 29.1 Å². The quantitative estimate of drug-likeness (QED) is 0.406. The van der Waals surface area contributed by atoms with Crippen LogP contribution in [0.25, 0.3) is 21.8 Å². The Kier molecular flexibility index (Phi) is 3.00. The summed E-state index contributed by atoms with van der Waals surface area (Å²) in [6, 6.07) is 5.04. The van der Waals surface area contributed by atoms with Gasteiger partial charge in [-0.05, 0) is 18.2 Å². The smallest absolute Gasteiger partial charge is 0.293 e. The number of nitrogens with one attached hydrogen (secondary N) is 1. The van der Waals surface area contributed by atoms with Crippen molar-refractivity contribution in [2.75, 3.05) is 0 Å². The number of aromatic nitrogens is 1. The second-order valence-electron chi connectivity index (χ2n) is 4.38. The molecule has 1 heterocycles. The molecule has 0 radical (unpaired) electrons. The van der Waals surface area contributed by atoms with Crippen LogP contribution in [0.5, 0.6) is 5.75 Å². The van der Waals surface area contributed by atoms with Crippen LogP contribution < -0.4 is 5.43 Å². The Morgan fingerprint density at radius 2 is 1.90 bits per heavy atom. The highest BCUT2D eigenvalue weighted by Crippen LogP contribution is 2.32. The summed E-state index contributed by atoms with van der Waals surface area (Å²) >= 11 is 11.8. The van der Waals surface area contributed by atoms with Gasteiger partial charge in [-0.15, -0.1) is 0 Å². The molecule has 6 nitrogen and oxygen atoms in total. The van der Waals surface area contributed by atoms with Gasteiger partial charge in [-0.1, -0.05) is 23.2 Å². The molecule has 0 amide bonds. The molecule has 0 unspecified atom stereocenters. The van der Waals surface area contributed by atoms with Gasteiger partial charge < -0.3 is 10.1 Å². The summed E-state index contributed by atoms with van der Waals surface area (Å²) in [5.74, 6) is -0.254. The van der Waals surface area contributed by atoms with Crippen LogP contribution in [-0.2, 0) is 0 Å². The molecule has 2 N–H and O–H groups in total. The number of nitrogens with zero attached hydrogens (tertiary/aromatic N) is 1. The maximum absolute atomic E-state index is 12.5. The van der Waals surface area contributed by atoms with Crippen LogP contribution in [0.1, 0.15) is 0 Å². The number of phenolic OH excluding ortho intramolecular Hbond substituents is 1. The summed E-state index contributed by atoms with van der Waals surface area (Å²) in [6.45, 7) is 0. The number of fused-ring (bicyclic) bond motifs is 2. The first kappa shape index (κ1) is 13.7. The molecular weight excluding hydrogens is 319 g/mol. The number of nitro benzene ring substituents is 1. The summed E-state index contributed by atoms with van der Waals surface area (Å²) in [6.07, 6.45) is 0. The summed E-state index contributed by atoms with van der Waals surface area (Å²) in [5, 5.41) is 20.9. The number of non-ortho nitro benzene ring substituents is 1. The van der Waals surface area contributed by atoms with E-state index >= 15 is 0 Å². The Labute approximate surface area is 126 Å². The summed E-state index contributed by atoms with van der Waals surface area (Å²) < 4.78 is 0. The van der Waals surface area contributed by atoms with E-state index in [0.717, 1.165) is 0 Å². The van der Waals surface area contributed by atoms with Gasteiger partial charge in [0, 0.05) is 11.5 Å². The molecule has 0 aliphatic heterocycles. The predicted molar refractivity (Wildman–Crippen MR) is 80.4 cm³/mol. The Morgan fingerprint density at radius 1 is 1.19 bits per heavy atom. The lowest BCUT2D eigenvalue weighted by atomic mass is 10.1. The monoisotopic (exact) mass is 324 g/mol. The van der Waals surface area contributed by atoms with Crippen molar-refractivity contribution in [2.45, 2.75) is 0 Å². The van der Waals surface area contributed by atoms with Crippen molar-refractivity contribution in [3.8, 4) is 5.75 Å². The van der Waals surface area contributed by atoms with Crippen molar-refractivity contribution < 1.29 is 10.0 Å². The van der Waals surface area contributed by atoms with Crippen molar-refractivity contribution in [3.63, 3.8) is 0 Å². The average Bonchev–Trinajstić information content (AvgIpc) is 2.41. The molecule has 106 valence electrons. The van der Waals surface area contributed by atoms with E-state index in [4.69, 9.17) is 23.2 Å². The van der Waals surface area contributed by atoms with Crippen molar-refractivity contribution >= 4 is 50.7 Å². The van der Waals surface area contributed by atoms with Gasteiger partial charge in [0.2, 0.25) is 0 Å². The van der Waals surface area contributed by atoms with E-state index in [9.17, 15) is 20.0 Å². The van der Waals surface area contributed by atoms with Crippen LogP contribution >= 0.6 is 23.2 Å². The standard InChI is InChI=1S/C13H6Cl2N2O4/c14-6-1-2-9(17(20)21)12-11(6)13(19)5-3-10(18)7(15)4-8(5)16-12/h1-4,18H,(H,16,19). The van der Waals surface area contributed by atoms with E-state index < -0.39 is 10.4 Å². The van der Waals surface area contributed by atoms with Gasteiger partial charge in [0.25, 0.3) is 5.69 Å². The Morgan fingerprint density at radius 3 is 2.57 bits per heavy atom. The van der Waals surface area contributed by atoms with Crippen molar-refractivity contribution in [3.05, 3.63) is 54.6 Å². The van der Waals surface area contributed by atoms with E-state index in [1.165, 1.54) is 24.3 Å². The minimum Gasteiger partial charge on any atom is -0.506 e. The molecular formula is C13H6Cl2N2O4. The molecule has 3 rings (SSSR count). The molecule has 0 saturated carbocycles. The normalized spacial score (nSPS) is 11.1. The first-order valence-electron chi connectivity index (χ1n) is 5.71. The topological polar surface area (TPSA) is 96.2 Å². The fourth-order valence-corrected chi connectivity index (χ4v) is 2.60. The number of aromatic hydroxyl groups is 1. The molecule has 3 aromatic rings. The molecule has 1 aromatic heterocycles. The van der Waals surface area contributed by atoms with Crippen LogP contribution in [0.2, 0.25) is 10.0 Å². The Bertz CT molecular complexity index is 981. The molecule has 0 spiro atoms. The van der Waals surface area contributed by atoms with E-state index in [2.05, 4.69) is 4.98 Å². The molecule has 0 aliphatic rings. The fourth-order valence-electron chi connectivity index (χ4n) is 2.19. The number of hydrogen-bond acceptors (Lipinski definition) is 4. The molecule has 0 fully saturated rings. The molecule has 0 saturated heterocycles. The minimum absolute atomic E-state index is 0.0000825. The van der Waals surface area contributed by atoms with Gasteiger partial charge in [-0.3, -0.25) is 14.9 Å². The molecule has 21 heavy (non-hydrogen) atoms. The third kappa shape index (κ3) is 2.00. The van der Waals surface area contributed by atoms with Crippen LogP contribution in [-0.4, -0.2) is 15.0 Å². The highest BCUT2D eigenvalue weighted by molar-refractivity contribution is 6.36. The number of pyridine rings is 1. The highest BCUT2D eigenvalue weighted by Gasteiger charge is 2.19. The molecule has 2 aromatic carbocycles. The number of phenols is 1. The lowest BCUT2D eigenvalue weighted by molar-refractivity contribution is -0.383. The molecule has 0 bridgehead atoms. The van der Waals surface area contributed by atoms with Crippen LogP contribution in [0, 0.1) is 10.1 Å². The van der Waals surface area contributed by atoms with Gasteiger partial charge >= 0.3 is 0 Å². The number of benzene rings is 2. The largest absolute Gasteiger partial charge is 0.506 e. The zero-order valence-electron chi connectivity index (χ0n) is 10.2. The fraction of sp³-hybridized carbons (Fsp3) is 0. The SMILES string of the molecule is O=c1c2cc(O)c(Cl)cc2[nH]c2c([N+](=O)[O-])ccc(Cl)c12. The maximum Gasteiger partial charge on any atom is 0.293 e. The van der Waals surface area contributed by atoms with Gasteiger partial charge in [0.05, 0.1) is 25.9 Å². The lowest BCUT2D eigenvalue weighted by Crippen LogP contribution is -2.06. The zero-order valence-corrected chi connectivity index (χ0v) is 11.7. The molecule has 8 heteroatoms. The number of aromatic amines is 1. The second kappa shape index (κ2) is 4.61. The Hall–Kier alpha value is -2.31. The number of rotatable bonds is 1. The third-order valence-corrected chi connectivity index (χ3v) is 3.77. The molecule has 0 aliphatic carbocycles. The first-order chi connectivity index (χ1) is 9.90. The highest BCUT2D eigenvalue weighted by atomic mass is 35.5. The van der Waals surface area contributed by atoms with E-state index in [1.54, 1.807) is 0 Å². The van der Waals surface area contributed by atoms with E-state index in [-0.39, 0.29) is 43.3 Å². The van der Waals surface area contributed by atoms with Crippen LogP contribution in [0.3, 0.4) is 0 Å². The number of H-pyrrole nitrogens is 1. The predicted octanol–water partition coefficient (Wildman–Crippen LogP) is 3.60. The van der Waals surface area contributed by atoms with Crippen molar-refractivity contribution in [1.29, 1.82) is 0 Å². The zero-order chi connectivity index (χ0) is 15.3. The van der Waals surface area contributed by atoms with Gasteiger partial charge in [-0.2, -0.15) is 0 Å². The number of nitro groups is 1. The van der Waals surface area contributed by atoms with Crippen molar-refractivity contribution in [2.24, 2.45) is 0 Å². The van der Waals surface area contributed by atoms with Gasteiger partial charge in [-0.25, -0.2) is 0 Å². The molecule has 0 atom stereocenters. The lowest BCUT2D eigenvalue weighted by Gasteiger charge is -2.06. The Balaban J connectivity index is 2.62. The van der Waals surface area contributed by atoms with Crippen molar-refractivity contribution in [1.82, 2.24) is 4.98 Å². The van der Waals surface area contributed by atoms with Crippen LogP contribution in [0.4, 0.5) is 5.69 Å². The average molecular weight is 325 g/mol. The van der Waals surface area contributed by atoms with E-state index in [0.29, 0.717) is 0 Å². The maximum atomic E-state index is 12.5. The second-order valence-corrected chi connectivity index (χ2v) is 5.19. The first-order valence-corrected chi connectivity index (χ1v) is 6.47. The minimum atomic E-state index is -0.609. The number of halogens is 2. The van der Waals surface area contributed by atoms with Gasteiger partial charge in [0.15, 0.2) is 5.43 Å². The number of hydrogen-bond donors (Lipinski definition) is 2. The summed E-state index contributed by atoms with van der Waals surface area (Å²) in [5.41, 5.74) is -0.482. The van der Waals surface area contributed by atoms with Gasteiger partial charge in [0.1, 0.15) is 11.3 Å². The summed E-state index contributed by atoms with van der Waals surface area (Å²) in [7, 11) is 0.